The molecule has 0 aromatic heterocycles. The molecule has 2 aliphatic rings. The topological polar surface area (TPSA) is 120 Å². The molecule has 1 aromatic rings. The van der Waals surface area contributed by atoms with Crippen LogP contribution >= 0.6 is 0 Å². The molecule has 0 radical (unpaired) electrons. The summed E-state index contributed by atoms with van der Waals surface area (Å²) in [6.45, 7) is 0. The van der Waals surface area contributed by atoms with Crippen molar-refractivity contribution in [2.75, 3.05) is 11.4 Å². The van der Waals surface area contributed by atoms with Gasteiger partial charge in [-0.05, 0) is 30.3 Å². The highest BCUT2D eigenvalue weighted by atomic mass is 32.2. The Balaban J connectivity index is 1.91. The monoisotopic (exact) mass is 350 g/mol. The number of allylic oxidation sites excluding steroid dienone is 2. The zero-order chi connectivity index (χ0) is 17.3. The minimum Gasteiger partial charge on any atom is -0.298 e. The van der Waals surface area contributed by atoms with Crippen molar-refractivity contribution in [3.05, 3.63) is 53.0 Å². The highest BCUT2D eigenvalue weighted by molar-refractivity contribution is 7.97. The molecule has 3 rings (SSSR count). The van der Waals surface area contributed by atoms with Crippen LogP contribution in [0.3, 0.4) is 0 Å². The third-order valence-corrected chi connectivity index (χ3v) is 5.49. The Morgan fingerprint density at radius 1 is 1.38 bits per heavy atom. The standard InChI is InChI=1S/C14H14N4O5S/c1-18(10-7-5-9(6-8-10)14(19)15-20)24(21,22)12-4-2-3-11-13(12)17-23-16-11/h2-8,11,16,20H,1H3,(H,15,19). The van der Waals surface area contributed by atoms with Crippen LogP contribution in [-0.4, -0.2) is 38.3 Å². The van der Waals surface area contributed by atoms with Gasteiger partial charge in [0.25, 0.3) is 15.9 Å². The largest absolute Gasteiger partial charge is 0.298 e. The first-order valence-electron chi connectivity index (χ1n) is 6.87. The summed E-state index contributed by atoms with van der Waals surface area (Å²) in [5, 5.41) is 12.3. The molecule has 1 heterocycles. The van der Waals surface area contributed by atoms with Crippen LogP contribution < -0.4 is 15.3 Å². The molecule has 1 amide bonds. The number of carbonyl (C=O) groups excluding carboxylic acids is 1. The molecule has 126 valence electrons. The van der Waals surface area contributed by atoms with E-state index in [1.54, 1.807) is 12.2 Å². The number of carbonyl (C=O) groups is 1. The van der Waals surface area contributed by atoms with E-state index in [9.17, 15) is 13.2 Å². The molecule has 0 saturated heterocycles. The van der Waals surface area contributed by atoms with Crippen LogP contribution in [0.4, 0.5) is 5.69 Å². The van der Waals surface area contributed by atoms with E-state index >= 15 is 0 Å². The van der Waals surface area contributed by atoms with Gasteiger partial charge in [-0.25, -0.2) is 13.9 Å². The first kappa shape index (κ1) is 16.2. The summed E-state index contributed by atoms with van der Waals surface area (Å²) in [5.41, 5.74) is 4.92. The van der Waals surface area contributed by atoms with Gasteiger partial charge in [-0.1, -0.05) is 17.3 Å². The normalized spacial score (nSPS) is 19.0. The average Bonchev–Trinajstić information content (AvgIpc) is 3.09. The minimum atomic E-state index is -3.87. The number of amides is 1. The molecule has 3 N–H and O–H groups in total. The molecule has 1 aliphatic heterocycles. The van der Waals surface area contributed by atoms with Gasteiger partial charge in [0.2, 0.25) is 0 Å². The van der Waals surface area contributed by atoms with Gasteiger partial charge >= 0.3 is 0 Å². The first-order valence-corrected chi connectivity index (χ1v) is 8.31. The van der Waals surface area contributed by atoms with Crippen LogP contribution in [0.5, 0.6) is 0 Å². The SMILES string of the molecule is CN(c1ccc(C(=O)NO)cc1)S(=O)(=O)C1=CC=CC2NON=C12. The smallest absolute Gasteiger partial charge is 0.274 e. The van der Waals surface area contributed by atoms with E-state index in [4.69, 9.17) is 10.1 Å². The molecule has 1 unspecified atom stereocenters. The summed E-state index contributed by atoms with van der Waals surface area (Å²) < 4.78 is 26.8. The number of oxime groups is 1. The third-order valence-electron chi connectivity index (χ3n) is 3.65. The van der Waals surface area contributed by atoms with E-state index in [0.717, 1.165) is 4.31 Å². The zero-order valence-electron chi connectivity index (χ0n) is 12.5. The van der Waals surface area contributed by atoms with Crippen LogP contribution in [-0.2, 0) is 15.0 Å². The number of hydrogen-bond donors (Lipinski definition) is 3. The lowest BCUT2D eigenvalue weighted by molar-refractivity contribution is 0.0672. The van der Waals surface area contributed by atoms with Crippen LogP contribution in [0.2, 0.25) is 0 Å². The molecular weight excluding hydrogens is 336 g/mol. The third kappa shape index (κ3) is 2.66. The molecule has 24 heavy (non-hydrogen) atoms. The number of nitrogens with one attached hydrogen (secondary N) is 2. The van der Waals surface area contributed by atoms with Crippen LogP contribution in [0.1, 0.15) is 10.4 Å². The van der Waals surface area contributed by atoms with Gasteiger partial charge in [0.05, 0.1) is 5.69 Å². The highest BCUT2D eigenvalue weighted by Crippen LogP contribution is 2.26. The molecular formula is C14H14N4O5S. The Kier molecular flexibility index (Phi) is 4.09. The van der Waals surface area contributed by atoms with E-state index in [-0.39, 0.29) is 16.2 Å². The maximum absolute atomic E-state index is 12.8. The van der Waals surface area contributed by atoms with E-state index < -0.39 is 22.0 Å². The molecule has 1 aliphatic carbocycles. The van der Waals surface area contributed by atoms with E-state index in [1.807, 2.05) is 0 Å². The second-order valence-electron chi connectivity index (χ2n) is 5.04. The molecule has 0 bridgehead atoms. The predicted octanol–water partition coefficient (Wildman–Crippen LogP) is 0.285. The number of benzene rings is 1. The summed E-state index contributed by atoms with van der Waals surface area (Å²) in [6.07, 6.45) is 4.79. The van der Waals surface area contributed by atoms with E-state index in [0.29, 0.717) is 5.69 Å². The highest BCUT2D eigenvalue weighted by Gasteiger charge is 2.36. The summed E-state index contributed by atoms with van der Waals surface area (Å²) in [7, 11) is -2.47. The van der Waals surface area contributed by atoms with Crippen molar-refractivity contribution < 1.29 is 23.4 Å². The van der Waals surface area contributed by atoms with Gasteiger partial charge in [0, 0.05) is 12.6 Å². The van der Waals surface area contributed by atoms with Crippen molar-refractivity contribution in [3.8, 4) is 0 Å². The zero-order valence-corrected chi connectivity index (χ0v) is 13.3. The van der Waals surface area contributed by atoms with E-state index in [1.165, 1.54) is 42.9 Å². The van der Waals surface area contributed by atoms with E-state index in [2.05, 4.69) is 10.6 Å². The number of hydroxylamine groups is 2. The Morgan fingerprint density at radius 2 is 2.08 bits per heavy atom. The van der Waals surface area contributed by atoms with Crippen molar-refractivity contribution in [3.63, 3.8) is 0 Å². The fraction of sp³-hybridized carbons (Fsp3) is 0.143. The minimum absolute atomic E-state index is 0.0275. The molecule has 0 spiro atoms. The second kappa shape index (κ2) is 6.07. The van der Waals surface area contributed by atoms with Crippen molar-refractivity contribution in [1.82, 2.24) is 11.0 Å². The van der Waals surface area contributed by atoms with Gasteiger partial charge in [-0.3, -0.25) is 19.2 Å². The maximum Gasteiger partial charge on any atom is 0.274 e. The fourth-order valence-electron chi connectivity index (χ4n) is 2.30. The van der Waals surface area contributed by atoms with Gasteiger partial charge in [-0.15, -0.1) is 5.48 Å². The van der Waals surface area contributed by atoms with Crippen LogP contribution in [0, 0.1) is 0 Å². The van der Waals surface area contributed by atoms with Crippen molar-refractivity contribution >= 4 is 27.3 Å². The molecule has 1 atom stereocenters. The molecule has 1 aromatic carbocycles. The quantitative estimate of drug-likeness (QED) is 0.530. The fourth-order valence-corrected chi connectivity index (χ4v) is 3.68. The number of anilines is 1. The van der Waals surface area contributed by atoms with Crippen molar-refractivity contribution in [2.24, 2.45) is 5.16 Å². The number of nitrogens with zero attached hydrogens (tertiary/aromatic N) is 2. The molecule has 9 nitrogen and oxygen atoms in total. The molecule has 0 fully saturated rings. The Hall–Kier alpha value is -2.69. The Morgan fingerprint density at radius 3 is 2.75 bits per heavy atom. The lowest BCUT2D eigenvalue weighted by Crippen LogP contribution is -2.37. The van der Waals surface area contributed by atoms with Crippen LogP contribution in [0.15, 0.2) is 52.6 Å². The summed E-state index contributed by atoms with van der Waals surface area (Å²) in [6, 6.07) is 5.32. The first-order chi connectivity index (χ1) is 11.4. The van der Waals surface area contributed by atoms with Crippen LogP contribution in [0.25, 0.3) is 0 Å². The number of rotatable bonds is 4. The molecule has 10 heteroatoms. The Labute approximate surface area is 137 Å². The summed E-state index contributed by atoms with van der Waals surface area (Å²) in [5.74, 6) is -0.682. The summed E-state index contributed by atoms with van der Waals surface area (Å²) >= 11 is 0. The van der Waals surface area contributed by atoms with Crippen molar-refractivity contribution in [2.45, 2.75) is 6.04 Å². The Bertz CT molecular complexity index is 858. The van der Waals surface area contributed by atoms with Crippen molar-refractivity contribution in [1.29, 1.82) is 0 Å². The molecule has 0 saturated carbocycles. The lowest BCUT2D eigenvalue weighted by Gasteiger charge is -2.23. The number of hydrogen-bond acceptors (Lipinski definition) is 7. The van der Waals surface area contributed by atoms with Gasteiger partial charge in [0.1, 0.15) is 16.7 Å². The number of sulfonamides is 1. The van der Waals surface area contributed by atoms with Gasteiger partial charge in [-0.2, -0.15) is 0 Å². The van der Waals surface area contributed by atoms with Gasteiger partial charge < -0.3 is 0 Å². The summed E-state index contributed by atoms with van der Waals surface area (Å²) in [4.78, 5) is 16.1. The second-order valence-corrected chi connectivity index (χ2v) is 6.98. The predicted molar refractivity (Wildman–Crippen MR) is 85.7 cm³/mol. The number of fused-ring (bicyclic) bond motifs is 1. The maximum atomic E-state index is 12.8. The van der Waals surface area contributed by atoms with Gasteiger partial charge in [0.15, 0.2) is 0 Å². The lowest BCUT2D eigenvalue weighted by atomic mass is 10.1. The average molecular weight is 350 g/mol.